The van der Waals surface area contributed by atoms with Crippen molar-refractivity contribution < 1.29 is 0 Å². The lowest BCUT2D eigenvalue weighted by Gasteiger charge is -2.15. The fraction of sp³-hybridized carbons (Fsp3) is 0.455. The average Bonchev–Trinajstić information content (AvgIpc) is 2.71. The van der Waals surface area contributed by atoms with Crippen molar-refractivity contribution in [2.24, 2.45) is 0 Å². The van der Waals surface area contributed by atoms with Gasteiger partial charge in [-0.05, 0) is 31.4 Å². The fourth-order valence-electron chi connectivity index (χ4n) is 1.76. The third-order valence-electron chi connectivity index (χ3n) is 2.53. The summed E-state index contributed by atoms with van der Waals surface area (Å²) in [5.74, 6) is 0. The van der Waals surface area contributed by atoms with E-state index in [1.165, 1.54) is 17.0 Å². The summed E-state index contributed by atoms with van der Waals surface area (Å²) in [4.78, 5) is 1.33. The van der Waals surface area contributed by atoms with E-state index in [0.29, 0.717) is 6.04 Å². The normalized spacial score (nSPS) is 21.1. The molecule has 0 bridgehead atoms. The van der Waals surface area contributed by atoms with E-state index in [9.17, 15) is 0 Å². The van der Waals surface area contributed by atoms with Gasteiger partial charge in [-0.2, -0.15) is 0 Å². The van der Waals surface area contributed by atoms with E-state index in [1.54, 1.807) is 11.8 Å². The number of para-hydroxylation sites is 1. The Morgan fingerprint density at radius 1 is 1.43 bits per heavy atom. The smallest absolute Gasteiger partial charge is 0.0480 e. The molecule has 1 saturated heterocycles. The van der Waals surface area contributed by atoms with Crippen LogP contribution in [0.3, 0.4) is 0 Å². The summed E-state index contributed by atoms with van der Waals surface area (Å²) in [6.45, 7) is 2.22. The molecule has 1 aromatic rings. The maximum atomic E-state index is 3.58. The van der Waals surface area contributed by atoms with E-state index in [0.717, 1.165) is 13.1 Å². The van der Waals surface area contributed by atoms with Gasteiger partial charge in [-0.3, -0.25) is 0 Å². The standard InChI is InChI=1S/C11H16N2S/c1-14-11-5-3-2-4-10(11)13-9-6-7-12-8-9/h2-5,9,12-13H,6-8H2,1H3. The van der Waals surface area contributed by atoms with Crippen LogP contribution in [0, 0.1) is 0 Å². The SMILES string of the molecule is CSc1ccccc1NC1CCNC1. The lowest BCUT2D eigenvalue weighted by atomic mass is 10.2. The highest BCUT2D eigenvalue weighted by Crippen LogP contribution is 2.25. The summed E-state index contributed by atoms with van der Waals surface area (Å²) in [5.41, 5.74) is 1.27. The van der Waals surface area contributed by atoms with E-state index in [2.05, 4.69) is 41.2 Å². The predicted molar refractivity (Wildman–Crippen MR) is 63.1 cm³/mol. The summed E-state index contributed by atoms with van der Waals surface area (Å²) in [6, 6.07) is 9.09. The van der Waals surface area contributed by atoms with Gasteiger partial charge in [0.15, 0.2) is 0 Å². The Morgan fingerprint density at radius 2 is 2.29 bits per heavy atom. The van der Waals surface area contributed by atoms with Crippen molar-refractivity contribution in [3.05, 3.63) is 24.3 Å². The van der Waals surface area contributed by atoms with E-state index < -0.39 is 0 Å². The summed E-state index contributed by atoms with van der Waals surface area (Å²) >= 11 is 1.80. The van der Waals surface area contributed by atoms with Crippen LogP contribution in [0.25, 0.3) is 0 Å². The minimum atomic E-state index is 0.600. The molecule has 14 heavy (non-hydrogen) atoms. The first kappa shape index (κ1) is 9.87. The zero-order chi connectivity index (χ0) is 9.80. The Hall–Kier alpha value is -0.670. The van der Waals surface area contributed by atoms with Crippen LogP contribution >= 0.6 is 11.8 Å². The van der Waals surface area contributed by atoms with Gasteiger partial charge in [0.1, 0.15) is 0 Å². The zero-order valence-corrected chi connectivity index (χ0v) is 9.23. The molecule has 2 N–H and O–H groups in total. The molecule has 76 valence electrons. The zero-order valence-electron chi connectivity index (χ0n) is 8.42. The number of nitrogens with one attached hydrogen (secondary N) is 2. The molecule has 0 saturated carbocycles. The summed E-state index contributed by atoms with van der Waals surface area (Å²) < 4.78 is 0. The van der Waals surface area contributed by atoms with Crippen molar-refractivity contribution in [2.45, 2.75) is 17.4 Å². The fourth-order valence-corrected chi connectivity index (χ4v) is 2.32. The molecule has 0 spiro atoms. The molecular formula is C11H16N2S. The van der Waals surface area contributed by atoms with Crippen LogP contribution in [-0.2, 0) is 0 Å². The van der Waals surface area contributed by atoms with Crippen LogP contribution in [0.4, 0.5) is 5.69 Å². The van der Waals surface area contributed by atoms with Gasteiger partial charge < -0.3 is 10.6 Å². The average molecular weight is 208 g/mol. The quantitative estimate of drug-likeness (QED) is 0.745. The van der Waals surface area contributed by atoms with Crippen molar-refractivity contribution >= 4 is 17.4 Å². The molecule has 0 amide bonds. The van der Waals surface area contributed by atoms with Crippen molar-refractivity contribution in [3.63, 3.8) is 0 Å². The highest BCUT2D eigenvalue weighted by atomic mass is 32.2. The van der Waals surface area contributed by atoms with Gasteiger partial charge in [0.2, 0.25) is 0 Å². The molecule has 0 aliphatic carbocycles. The van der Waals surface area contributed by atoms with Gasteiger partial charge >= 0.3 is 0 Å². The lowest BCUT2D eigenvalue weighted by molar-refractivity contribution is 0.790. The Balaban J connectivity index is 2.07. The Bertz CT molecular complexity index is 295. The van der Waals surface area contributed by atoms with Gasteiger partial charge in [-0.15, -0.1) is 11.8 Å². The number of hydrogen-bond acceptors (Lipinski definition) is 3. The maximum absolute atomic E-state index is 3.58. The molecule has 3 heteroatoms. The molecule has 2 nitrogen and oxygen atoms in total. The molecular weight excluding hydrogens is 192 g/mol. The van der Waals surface area contributed by atoms with Gasteiger partial charge in [-0.1, -0.05) is 12.1 Å². The Labute approximate surface area is 89.5 Å². The monoisotopic (exact) mass is 208 g/mol. The summed E-state index contributed by atoms with van der Waals surface area (Å²) in [5, 5.41) is 6.94. The van der Waals surface area contributed by atoms with Crippen LogP contribution in [0.5, 0.6) is 0 Å². The maximum Gasteiger partial charge on any atom is 0.0480 e. The van der Waals surface area contributed by atoms with E-state index >= 15 is 0 Å². The molecule has 2 rings (SSSR count). The molecule has 0 aromatic heterocycles. The highest BCUT2D eigenvalue weighted by Gasteiger charge is 2.14. The third kappa shape index (κ3) is 2.22. The predicted octanol–water partition coefficient (Wildman–Crippen LogP) is 2.18. The third-order valence-corrected chi connectivity index (χ3v) is 3.32. The van der Waals surface area contributed by atoms with Crippen molar-refractivity contribution in [2.75, 3.05) is 24.7 Å². The van der Waals surface area contributed by atoms with Crippen LogP contribution in [0.15, 0.2) is 29.2 Å². The van der Waals surface area contributed by atoms with Gasteiger partial charge in [0.25, 0.3) is 0 Å². The van der Waals surface area contributed by atoms with E-state index in [-0.39, 0.29) is 0 Å². The van der Waals surface area contributed by atoms with Crippen molar-refractivity contribution in [3.8, 4) is 0 Å². The van der Waals surface area contributed by atoms with Crippen LogP contribution in [-0.4, -0.2) is 25.4 Å². The Morgan fingerprint density at radius 3 is 3.00 bits per heavy atom. The molecule has 1 atom stereocenters. The van der Waals surface area contributed by atoms with E-state index in [1.807, 2.05) is 0 Å². The second kappa shape index (κ2) is 4.71. The number of rotatable bonds is 3. The number of anilines is 1. The molecule has 1 unspecified atom stereocenters. The lowest BCUT2D eigenvalue weighted by Crippen LogP contribution is -2.22. The van der Waals surface area contributed by atoms with Crippen molar-refractivity contribution in [1.82, 2.24) is 5.32 Å². The molecule has 0 radical (unpaired) electrons. The second-order valence-electron chi connectivity index (χ2n) is 3.53. The first-order valence-electron chi connectivity index (χ1n) is 5.00. The van der Waals surface area contributed by atoms with Crippen LogP contribution in [0.2, 0.25) is 0 Å². The second-order valence-corrected chi connectivity index (χ2v) is 4.38. The highest BCUT2D eigenvalue weighted by molar-refractivity contribution is 7.98. The first-order valence-corrected chi connectivity index (χ1v) is 6.23. The summed E-state index contributed by atoms with van der Waals surface area (Å²) in [6.07, 6.45) is 3.34. The number of thioether (sulfide) groups is 1. The summed E-state index contributed by atoms with van der Waals surface area (Å²) in [7, 11) is 0. The molecule has 1 aliphatic heterocycles. The van der Waals surface area contributed by atoms with Crippen LogP contribution in [0.1, 0.15) is 6.42 Å². The topological polar surface area (TPSA) is 24.1 Å². The largest absolute Gasteiger partial charge is 0.380 e. The molecule has 1 aromatic carbocycles. The van der Waals surface area contributed by atoms with Crippen LogP contribution < -0.4 is 10.6 Å². The molecule has 1 fully saturated rings. The number of hydrogen-bond donors (Lipinski definition) is 2. The molecule has 1 heterocycles. The van der Waals surface area contributed by atoms with Gasteiger partial charge in [0, 0.05) is 23.2 Å². The number of benzene rings is 1. The van der Waals surface area contributed by atoms with Gasteiger partial charge in [-0.25, -0.2) is 0 Å². The Kier molecular flexibility index (Phi) is 3.32. The van der Waals surface area contributed by atoms with Gasteiger partial charge in [0.05, 0.1) is 0 Å². The minimum Gasteiger partial charge on any atom is -0.380 e. The first-order chi connectivity index (χ1) is 6.90. The van der Waals surface area contributed by atoms with E-state index in [4.69, 9.17) is 0 Å². The molecule has 1 aliphatic rings. The van der Waals surface area contributed by atoms with Crippen molar-refractivity contribution in [1.29, 1.82) is 0 Å². The minimum absolute atomic E-state index is 0.600.